The van der Waals surface area contributed by atoms with Crippen LogP contribution in [0.4, 0.5) is 0 Å². The van der Waals surface area contributed by atoms with Crippen molar-refractivity contribution in [1.29, 1.82) is 0 Å². The first-order valence-electron chi connectivity index (χ1n) is 6.39. The standard InChI is InChI=1S/C12H22N2O2/c1-10(12(16)13-6-2-3-7-13)14-8-4-5-11(15)9-14/h10-11,15H,2-9H2,1H3. The lowest BCUT2D eigenvalue weighted by molar-refractivity contribution is -0.136. The van der Waals surface area contributed by atoms with E-state index in [-0.39, 0.29) is 18.1 Å². The molecule has 4 heteroatoms. The summed E-state index contributed by atoms with van der Waals surface area (Å²) in [7, 11) is 0. The second-order valence-corrected chi connectivity index (χ2v) is 5.00. The molecule has 2 fully saturated rings. The Morgan fingerprint density at radius 1 is 1.25 bits per heavy atom. The number of rotatable bonds is 2. The molecule has 4 nitrogen and oxygen atoms in total. The van der Waals surface area contributed by atoms with Gasteiger partial charge in [-0.15, -0.1) is 0 Å². The quantitative estimate of drug-likeness (QED) is 0.743. The Bertz CT molecular complexity index is 251. The van der Waals surface area contributed by atoms with Gasteiger partial charge in [0.25, 0.3) is 0 Å². The molecule has 2 aliphatic rings. The van der Waals surface area contributed by atoms with Crippen molar-refractivity contribution in [3.63, 3.8) is 0 Å². The van der Waals surface area contributed by atoms with Gasteiger partial charge in [0.05, 0.1) is 12.1 Å². The predicted octanol–water partition coefficient (Wildman–Crippen LogP) is 0.454. The summed E-state index contributed by atoms with van der Waals surface area (Å²) >= 11 is 0. The number of hydrogen-bond donors (Lipinski definition) is 1. The van der Waals surface area contributed by atoms with Crippen molar-refractivity contribution in [3.8, 4) is 0 Å². The molecule has 0 spiro atoms. The number of amides is 1. The molecule has 2 heterocycles. The van der Waals surface area contributed by atoms with Gasteiger partial charge in [0.2, 0.25) is 5.91 Å². The van der Waals surface area contributed by atoms with Crippen LogP contribution in [0.25, 0.3) is 0 Å². The molecule has 2 unspecified atom stereocenters. The highest BCUT2D eigenvalue weighted by atomic mass is 16.3. The number of carbonyl (C=O) groups is 1. The molecule has 2 saturated heterocycles. The lowest BCUT2D eigenvalue weighted by atomic mass is 10.1. The van der Waals surface area contributed by atoms with E-state index in [0.717, 1.165) is 45.3 Å². The molecule has 1 amide bonds. The molecule has 0 saturated carbocycles. The Hall–Kier alpha value is -0.610. The number of piperidine rings is 1. The number of likely N-dealkylation sites (tertiary alicyclic amines) is 2. The lowest BCUT2D eigenvalue weighted by Crippen LogP contribution is -2.50. The van der Waals surface area contributed by atoms with Crippen LogP contribution >= 0.6 is 0 Å². The molecule has 0 bridgehead atoms. The van der Waals surface area contributed by atoms with E-state index in [2.05, 4.69) is 4.90 Å². The highest BCUT2D eigenvalue weighted by Gasteiger charge is 2.30. The summed E-state index contributed by atoms with van der Waals surface area (Å²) in [6.07, 6.45) is 3.91. The van der Waals surface area contributed by atoms with Crippen molar-refractivity contribution in [1.82, 2.24) is 9.80 Å². The molecular formula is C12H22N2O2. The van der Waals surface area contributed by atoms with Gasteiger partial charge in [0.1, 0.15) is 0 Å². The van der Waals surface area contributed by atoms with Crippen LogP contribution in [0, 0.1) is 0 Å². The molecule has 0 aromatic heterocycles. The first-order chi connectivity index (χ1) is 7.68. The number of nitrogens with zero attached hydrogens (tertiary/aromatic N) is 2. The van der Waals surface area contributed by atoms with Gasteiger partial charge in [-0.1, -0.05) is 0 Å². The van der Waals surface area contributed by atoms with Crippen LogP contribution in [-0.2, 0) is 4.79 Å². The zero-order valence-electron chi connectivity index (χ0n) is 10.1. The van der Waals surface area contributed by atoms with Crippen LogP contribution in [0.1, 0.15) is 32.6 Å². The molecule has 2 aliphatic heterocycles. The summed E-state index contributed by atoms with van der Waals surface area (Å²) in [5, 5.41) is 9.61. The Balaban J connectivity index is 1.89. The molecule has 0 radical (unpaired) electrons. The van der Waals surface area contributed by atoms with E-state index >= 15 is 0 Å². The minimum Gasteiger partial charge on any atom is -0.392 e. The Labute approximate surface area is 97.2 Å². The second-order valence-electron chi connectivity index (χ2n) is 5.00. The van der Waals surface area contributed by atoms with Crippen molar-refractivity contribution >= 4 is 5.91 Å². The largest absolute Gasteiger partial charge is 0.392 e. The number of carbonyl (C=O) groups excluding carboxylic acids is 1. The molecule has 1 N–H and O–H groups in total. The summed E-state index contributed by atoms with van der Waals surface area (Å²) in [6, 6.07) is -0.0620. The number of aliphatic hydroxyl groups excluding tert-OH is 1. The average Bonchev–Trinajstić information content (AvgIpc) is 2.80. The van der Waals surface area contributed by atoms with Gasteiger partial charge in [0, 0.05) is 19.6 Å². The van der Waals surface area contributed by atoms with Gasteiger partial charge in [0.15, 0.2) is 0 Å². The summed E-state index contributed by atoms with van der Waals surface area (Å²) < 4.78 is 0. The van der Waals surface area contributed by atoms with Crippen molar-refractivity contribution in [3.05, 3.63) is 0 Å². The van der Waals surface area contributed by atoms with Gasteiger partial charge in [-0.25, -0.2) is 0 Å². The Morgan fingerprint density at radius 2 is 1.94 bits per heavy atom. The van der Waals surface area contributed by atoms with E-state index in [0.29, 0.717) is 6.54 Å². The Morgan fingerprint density at radius 3 is 2.56 bits per heavy atom. The van der Waals surface area contributed by atoms with Crippen LogP contribution in [0.15, 0.2) is 0 Å². The van der Waals surface area contributed by atoms with Crippen molar-refractivity contribution < 1.29 is 9.90 Å². The van der Waals surface area contributed by atoms with Crippen LogP contribution < -0.4 is 0 Å². The smallest absolute Gasteiger partial charge is 0.239 e. The van der Waals surface area contributed by atoms with Gasteiger partial charge >= 0.3 is 0 Å². The molecule has 2 atom stereocenters. The maximum atomic E-state index is 12.2. The SMILES string of the molecule is CC(C(=O)N1CCCC1)N1CCCC(O)C1. The molecule has 0 aliphatic carbocycles. The molecule has 16 heavy (non-hydrogen) atoms. The van der Waals surface area contributed by atoms with Gasteiger partial charge < -0.3 is 10.0 Å². The molecule has 92 valence electrons. The maximum absolute atomic E-state index is 12.2. The third kappa shape index (κ3) is 2.55. The van der Waals surface area contributed by atoms with Gasteiger partial charge in [-0.05, 0) is 39.2 Å². The highest BCUT2D eigenvalue weighted by Crippen LogP contribution is 2.16. The fourth-order valence-electron chi connectivity index (χ4n) is 2.69. The highest BCUT2D eigenvalue weighted by molar-refractivity contribution is 5.81. The fourth-order valence-corrected chi connectivity index (χ4v) is 2.69. The normalized spacial score (nSPS) is 29.4. The van der Waals surface area contributed by atoms with Crippen LogP contribution in [0.2, 0.25) is 0 Å². The minimum absolute atomic E-state index is 0.0620. The molecule has 0 aromatic rings. The van der Waals surface area contributed by atoms with Gasteiger partial charge in [-0.3, -0.25) is 9.69 Å². The molecule has 0 aromatic carbocycles. The summed E-state index contributed by atoms with van der Waals surface area (Å²) in [4.78, 5) is 16.2. The number of aliphatic hydroxyl groups is 1. The van der Waals surface area contributed by atoms with E-state index in [1.807, 2.05) is 11.8 Å². The summed E-state index contributed by atoms with van der Waals surface area (Å²) in [5.41, 5.74) is 0. The third-order valence-corrected chi connectivity index (χ3v) is 3.75. The minimum atomic E-state index is -0.248. The van der Waals surface area contributed by atoms with Crippen molar-refractivity contribution in [2.24, 2.45) is 0 Å². The molecular weight excluding hydrogens is 204 g/mol. The zero-order chi connectivity index (χ0) is 11.5. The zero-order valence-corrected chi connectivity index (χ0v) is 10.1. The summed E-state index contributed by atoms with van der Waals surface area (Å²) in [5.74, 6) is 0.242. The average molecular weight is 226 g/mol. The second kappa shape index (κ2) is 5.15. The Kier molecular flexibility index (Phi) is 3.82. The van der Waals surface area contributed by atoms with Gasteiger partial charge in [-0.2, -0.15) is 0 Å². The third-order valence-electron chi connectivity index (χ3n) is 3.75. The van der Waals surface area contributed by atoms with E-state index in [4.69, 9.17) is 0 Å². The maximum Gasteiger partial charge on any atom is 0.239 e. The van der Waals surface area contributed by atoms with Crippen molar-refractivity contribution in [2.45, 2.75) is 44.8 Å². The van der Waals surface area contributed by atoms with E-state index in [1.165, 1.54) is 0 Å². The van der Waals surface area contributed by atoms with E-state index in [9.17, 15) is 9.90 Å². The monoisotopic (exact) mass is 226 g/mol. The topological polar surface area (TPSA) is 43.8 Å². The van der Waals surface area contributed by atoms with Crippen LogP contribution in [0.5, 0.6) is 0 Å². The summed E-state index contributed by atoms with van der Waals surface area (Å²) in [6.45, 7) is 5.40. The van der Waals surface area contributed by atoms with Crippen LogP contribution in [0.3, 0.4) is 0 Å². The predicted molar refractivity (Wildman–Crippen MR) is 62.1 cm³/mol. The van der Waals surface area contributed by atoms with E-state index < -0.39 is 0 Å². The number of β-amino-alcohol motifs (C(OH)–C–C–N with tert-alkyl or cyclic N) is 1. The first kappa shape index (κ1) is 11.9. The number of hydrogen-bond acceptors (Lipinski definition) is 3. The molecule has 2 rings (SSSR count). The first-order valence-corrected chi connectivity index (χ1v) is 6.39. The van der Waals surface area contributed by atoms with E-state index in [1.54, 1.807) is 0 Å². The van der Waals surface area contributed by atoms with Crippen LogP contribution in [-0.4, -0.2) is 59.1 Å². The lowest BCUT2D eigenvalue weighted by Gasteiger charge is -2.35. The fraction of sp³-hybridized carbons (Fsp3) is 0.917. The van der Waals surface area contributed by atoms with Crippen molar-refractivity contribution in [2.75, 3.05) is 26.2 Å².